The van der Waals surface area contributed by atoms with Gasteiger partial charge in [-0.1, -0.05) is 18.0 Å². The predicted molar refractivity (Wildman–Crippen MR) is 109 cm³/mol. The quantitative estimate of drug-likeness (QED) is 0.749. The first-order valence-electron chi connectivity index (χ1n) is 9.66. The highest BCUT2D eigenvalue weighted by Gasteiger charge is 2.43. The number of hydrogen-bond donors (Lipinski definition) is 2. The number of amides is 2. The van der Waals surface area contributed by atoms with Gasteiger partial charge in [-0.2, -0.15) is 0 Å². The third kappa shape index (κ3) is 4.10. The summed E-state index contributed by atoms with van der Waals surface area (Å²) in [6.07, 6.45) is 6.01. The number of nitrogens with one attached hydrogen (secondary N) is 1. The van der Waals surface area contributed by atoms with E-state index in [-0.39, 0.29) is 36.3 Å². The fourth-order valence-corrected chi connectivity index (χ4v) is 5.22. The molecule has 2 amide bonds. The minimum Gasteiger partial charge on any atom is -0.352 e. The van der Waals surface area contributed by atoms with E-state index in [1.54, 1.807) is 17.0 Å². The number of benzene rings is 1. The summed E-state index contributed by atoms with van der Waals surface area (Å²) in [6.45, 7) is 0.570. The maximum Gasteiger partial charge on any atom is 0.239 e. The topological polar surface area (TPSA) is 75.4 Å². The van der Waals surface area contributed by atoms with Gasteiger partial charge in [-0.3, -0.25) is 9.59 Å². The lowest BCUT2D eigenvalue weighted by atomic mass is 9.67. The van der Waals surface area contributed by atoms with E-state index in [2.05, 4.69) is 5.32 Å². The standard InChI is InChI=1S/C20H26ClN3O2.ClH/c21-14-4-6-16(7-5-14)24-9-8-17(20(24)26)19(25)23-18-12-2-1-3-13(18)11-15(22)10-12;/h4-7,12-13,15,17-18H,1-3,8-11,22H2,(H,23,25);1H. The Balaban J connectivity index is 0.00000210. The molecule has 1 aromatic carbocycles. The molecule has 1 heterocycles. The molecule has 2 bridgehead atoms. The Kier molecular flexibility index (Phi) is 6.34. The van der Waals surface area contributed by atoms with Crippen molar-refractivity contribution in [2.45, 2.75) is 50.6 Å². The molecule has 148 valence electrons. The average molecular weight is 412 g/mol. The molecule has 3 fully saturated rings. The zero-order valence-corrected chi connectivity index (χ0v) is 16.8. The normalized spacial score (nSPS) is 32.7. The van der Waals surface area contributed by atoms with Crippen LogP contribution in [0.15, 0.2) is 24.3 Å². The summed E-state index contributed by atoms with van der Waals surface area (Å²) >= 11 is 5.92. The number of carbonyl (C=O) groups is 2. The highest BCUT2D eigenvalue weighted by molar-refractivity contribution is 6.30. The number of rotatable bonds is 3. The van der Waals surface area contributed by atoms with Crippen molar-refractivity contribution in [3.05, 3.63) is 29.3 Å². The first-order valence-corrected chi connectivity index (χ1v) is 10.0. The Hall–Kier alpha value is -1.30. The van der Waals surface area contributed by atoms with Gasteiger partial charge in [-0.15, -0.1) is 12.4 Å². The van der Waals surface area contributed by atoms with Crippen molar-refractivity contribution in [1.82, 2.24) is 5.32 Å². The predicted octanol–water partition coefficient (Wildman–Crippen LogP) is 3.14. The minimum atomic E-state index is -0.581. The van der Waals surface area contributed by atoms with E-state index < -0.39 is 5.92 Å². The minimum absolute atomic E-state index is 0. The average Bonchev–Trinajstić information content (AvgIpc) is 2.98. The van der Waals surface area contributed by atoms with Gasteiger partial charge in [0, 0.05) is 29.3 Å². The van der Waals surface area contributed by atoms with Crippen molar-refractivity contribution in [3.8, 4) is 0 Å². The second-order valence-electron chi connectivity index (χ2n) is 8.02. The Morgan fingerprint density at radius 2 is 1.74 bits per heavy atom. The Bertz CT molecular complexity index is 683. The van der Waals surface area contributed by atoms with Crippen LogP contribution in [0.3, 0.4) is 0 Å². The van der Waals surface area contributed by atoms with Gasteiger partial charge in [0.25, 0.3) is 0 Å². The fourth-order valence-electron chi connectivity index (χ4n) is 5.09. The lowest BCUT2D eigenvalue weighted by Gasteiger charge is -2.45. The number of halogens is 2. The molecule has 0 aromatic heterocycles. The van der Waals surface area contributed by atoms with Gasteiger partial charge in [0.05, 0.1) is 0 Å². The fraction of sp³-hybridized carbons (Fsp3) is 0.600. The molecule has 0 spiro atoms. The molecule has 3 unspecified atom stereocenters. The third-order valence-corrected chi connectivity index (χ3v) is 6.60. The van der Waals surface area contributed by atoms with Gasteiger partial charge >= 0.3 is 0 Å². The Morgan fingerprint density at radius 1 is 1.11 bits per heavy atom. The lowest BCUT2D eigenvalue weighted by Crippen LogP contribution is -2.55. The van der Waals surface area contributed by atoms with E-state index in [0.29, 0.717) is 29.8 Å². The zero-order chi connectivity index (χ0) is 18.3. The number of fused-ring (bicyclic) bond motifs is 2. The Morgan fingerprint density at radius 3 is 2.37 bits per heavy atom. The van der Waals surface area contributed by atoms with Crippen LogP contribution < -0.4 is 16.0 Å². The number of nitrogens with zero attached hydrogens (tertiary/aromatic N) is 1. The second kappa shape index (κ2) is 8.38. The highest BCUT2D eigenvalue weighted by atomic mass is 35.5. The first-order chi connectivity index (χ1) is 12.5. The van der Waals surface area contributed by atoms with Crippen molar-refractivity contribution in [2.75, 3.05) is 11.4 Å². The van der Waals surface area contributed by atoms with Gasteiger partial charge in [0.1, 0.15) is 5.92 Å². The summed E-state index contributed by atoms with van der Waals surface area (Å²) in [5, 5.41) is 3.87. The van der Waals surface area contributed by atoms with Crippen LogP contribution in [-0.4, -0.2) is 30.4 Å². The van der Waals surface area contributed by atoms with E-state index in [9.17, 15) is 9.59 Å². The van der Waals surface area contributed by atoms with Crippen LogP contribution in [-0.2, 0) is 9.59 Å². The molecule has 3 atom stereocenters. The maximum absolute atomic E-state index is 12.9. The molecule has 3 N–H and O–H groups in total. The van der Waals surface area contributed by atoms with Crippen molar-refractivity contribution in [3.63, 3.8) is 0 Å². The SMILES string of the molecule is Cl.NC1CC2CCCC(C1)C2NC(=O)C1CCN(c2ccc(Cl)cc2)C1=O. The molecule has 7 heteroatoms. The molecule has 1 saturated heterocycles. The van der Waals surface area contributed by atoms with Crippen LogP contribution >= 0.6 is 24.0 Å². The number of nitrogens with two attached hydrogens (primary N) is 1. The molecule has 2 aliphatic carbocycles. The van der Waals surface area contributed by atoms with Gasteiger partial charge in [0.15, 0.2) is 0 Å². The van der Waals surface area contributed by atoms with E-state index in [1.165, 1.54) is 6.42 Å². The molecule has 5 nitrogen and oxygen atoms in total. The monoisotopic (exact) mass is 411 g/mol. The largest absolute Gasteiger partial charge is 0.352 e. The van der Waals surface area contributed by atoms with Crippen molar-refractivity contribution < 1.29 is 9.59 Å². The van der Waals surface area contributed by atoms with Crippen LogP contribution in [0.25, 0.3) is 0 Å². The molecule has 0 radical (unpaired) electrons. The van der Waals surface area contributed by atoms with Crippen LogP contribution in [0.2, 0.25) is 5.02 Å². The second-order valence-corrected chi connectivity index (χ2v) is 8.46. The third-order valence-electron chi connectivity index (χ3n) is 6.35. The van der Waals surface area contributed by atoms with E-state index in [0.717, 1.165) is 31.4 Å². The molecule has 2 saturated carbocycles. The molecule has 1 aliphatic heterocycles. The van der Waals surface area contributed by atoms with Gasteiger partial charge < -0.3 is 16.0 Å². The van der Waals surface area contributed by atoms with Gasteiger partial charge in [-0.05, 0) is 68.2 Å². The lowest BCUT2D eigenvalue weighted by molar-refractivity contribution is -0.133. The molecule has 1 aromatic rings. The van der Waals surface area contributed by atoms with E-state index in [4.69, 9.17) is 17.3 Å². The summed E-state index contributed by atoms with van der Waals surface area (Å²) in [5.41, 5.74) is 6.97. The van der Waals surface area contributed by atoms with Crippen molar-refractivity contribution >= 4 is 41.5 Å². The van der Waals surface area contributed by atoms with Gasteiger partial charge in [0.2, 0.25) is 11.8 Å². The van der Waals surface area contributed by atoms with Crippen molar-refractivity contribution in [2.24, 2.45) is 23.5 Å². The molecular weight excluding hydrogens is 385 g/mol. The summed E-state index contributed by atoms with van der Waals surface area (Å²) in [6, 6.07) is 7.63. The molecule has 27 heavy (non-hydrogen) atoms. The Labute approximate surface area is 171 Å². The number of anilines is 1. The van der Waals surface area contributed by atoms with E-state index in [1.807, 2.05) is 12.1 Å². The van der Waals surface area contributed by atoms with E-state index >= 15 is 0 Å². The van der Waals surface area contributed by atoms with Crippen LogP contribution in [0, 0.1) is 17.8 Å². The van der Waals surface area contributed by atoms with Crippen molar-refractivity contribution in [1.29, 1.82) is 0 Å². The van der Waals surface area contributed by atoms with Crippen LogP contribution in [0.4, 0.5) is 5.69 Å². The summed E-state index contributed by atoms with van der Waals surface area (Å²) in [5.74, 6) is 0.129. The van der Waals surface area contributed by atoms with Crippen LogP contribution in [0.5, 0.6) is 0 Å². The smallest absolute Gasteiger partial charge is 0.239 e. The molecule has 3 aliphatic rings. The van der Waals surface area contributed by atoms with Gasteiger partial charge in [-0.25, -0.2) is 0 Å². The maximum atomic E-state index is 12.9. The number of hydrogen-bond acceptors (Lipinski definition) is 3. The number of carbonyl (C=O) groups excluding carboxylic acids is 2. The first kappa shape index (κ1) is 20.4. The molecular formula is C20H27Cl2N3O2. The zero-order valence-electron chi connectivity index (χ0n) is 15.3. The summed E-state index contributed by atoms with van der Waals surface area (Å²) < 4.78 is 0. The highest BCUT2D eigenvalue weighted by Crippen LogP contribution is 2.40. The summed E-state index contributed by atoms with van der Waals surface area (Å²) in [7, 11) is 0. The summed E-state index contributed by atoms with van der Waals surface area (Å²) in [4.78, 5) is 27.3. The molecule has 4 rings (SSSR count). The van der Waals surface area contributed by atoms with Crippen LogP contribution in [0.1, 0.15) is 38.5 Å².